The number of imide groups is 1. The number of methoxy groups -OCH3 is 1. The van der Waals surface area contributed by atoms with E-state index in [4.69, 9.17) is 4.74 Å². The van der Waals surface area contributed by atoms with E-state index in [0.29, 0.717) is 19.6 Å². The third-order valence-electron chi connectivity index (χ3n) is 2.97. The molecule has 0 saturated carbocycles. The van der Waals surface area contributed by atoms with Gasteiger partial charge in [-0.3, -0.25) is 9.69 Å². The summed E-state index contributed by atoms with van der Waals surface area (Å²) < 4.78 is 5.74. The van der Waals surface area contributed by atoms with Crippen LogP contribution in [-0.2, 0) is 9.53 Å². The largest absolute Gasteiger partial charge is 0.385 e. The molecule has 1 aromatic carbocycles. The monoisotopic (exact) mass is 326 g/mol. The third kappa shape index (κ3) is 2.96. The molecule has 5 nitrogen and oxygen atoms in total. The zero-order valence-electron chi connectivity index (χ0n) is 10.6. The summed E-state index contributed by atoms with van der Waals surface area (Å²) >= 11 is 3.40. The smallest absolute Gasteiger partial charge is 0.325 e. The van der Waals surface area contributed by atoms with E-state index in [9.17, 15) is 9.59 Å². The summed E-state index contributed by atoms with van der Waals surface area (Å²) in [6.45, 7) is 0.899. The normalized spacial score (nSPS) is 18.8. The number of halogens is 1. The number of rotatable bonds is 5. The topological polar surface area (TPSA) is 58.6 Å². The lowest BCUT2D eigenvalue weighted by Crippen LogP contribution is -2.32. The minimum Gasteiger partial charge on any atom is -0.385 e. The van der Waals surface area contributed by atoms with Crippen LogP contribution in [0.4, 0.5) is 4.79 Å². The molecule has 6 heteroatoms. The fourth-order valence-electron chi connectivity index (χ4n) is 2.02. The minimum atomic E-state index is -0.606. The molecular weight excluding hydrogens is 312 g/mol. The van der Waals surface area contributed by atoms with Gasteiger partial charge in [0.15, 0.2) is 0 Å². The number of carbonyl (C=O) groups is 2. The van der Waals surface area contributed by atoms with Crippen LogP contribution in [0.15, 0.2) is 28.7 Å². The molecule has 1 atom stereocenters. The number of benzene rings is 1. The average molecular weight is 327 g/mol. The van der Waals surface area contributed by atoms with E-state index in [-0.39, 0.29) is 11.9 Å². The van der Waals surface area contributed by atoms with Gasteiger partial charge in [-0.2, -0.15) is 0 Å². The second-order valence-electron chi connectivity index (χ2n) is 4.24. The maximum atomic E-state index is 12.2. The second kappa shape index (κ2) is 6.16. The van der Waals surface area contributed by atoms with Gasteiger partial charge in [0.05, 0.1) is 0 Å². The Hall–Kier alpha value is -1.40. The highest BCUT2D eigenvalue weighted by molar-refractivity contribution is 9.10. The predicted octanol–water partition coefficient (Wildman–Crippen LogP) is 2.08. The molecule has 1 N–H and O–H groups in total. The molecule has 2 rings (SSSR count). The molecule has 1 aliphatic heterocycles. The standard InChI is InChI=1S/C13H15BrN2O3/c1-19-8-4-7-16-12(17)11(15-13(16)18)9-5-2-3-6-10(9)14/h2-3,5-6,11H,4,7-8H2,1H3,(H,15,18)/t11-/m1/s1. The van der Waals surface area contributed by atoms with Crippen molar-refractivity contribution in [3.63, 3.8) is 0 Å². The maximum Gasteiger partial charge on any atom is 0.325 e. The number of ether oxygens (including phenoxy) is 1. The summed E-state index contributed by atoms with van der Waals surface area (Å²) in [5.74, 6) is -0.215. The molecule has 1 aromatic rings. The van der Waals surface area contributed by atoms with Crippen molar-refractivity contribution >= 4 is 27.9 Å². The molecule has 19 heavy (non-hydrogen) atoms. The molecule has 0 bridgehead atoms. The zero-order valence-corrected chi connectivity index (χ0v) is 12.1. The Morgan fingerprint density at radius 3 is 2.79 bits per heavy atom. The maximum absolute atomic E-state index is 12.2. The van der Waals surface area contributed by atoms with Gasteiger partial charge in [-0.1, -0.05) is 34.1 Å². The van der Waals surface area contributed by atoms with Gasteiger partial charge in [0.1, 0.15) is 6.04 Å². The fourth-order valence-corrected chi connectivity index (χ4v) is 2.53. The van der Waals surface area contributed by atoms with Crippen LogP contribution in [0.5, 0.6) is 0 Å². The molecule has 1 saturated heterocycles. The lowest BCUT2D eigenvalue weighted by Gasteiger charge is -2.13. The highest BCUT2D eigenvalue weighted by Gasteiger charge is 2.39. The van der Waals surface area contributed by atoms with Crippen LogP contribution in [0.2, 0.25) is 0 Å². The molecule has 0 aromatic heterocycles. The summed E-state index contributed by atoms with van der Waals surface area (Å²) in [6.07, 6.45) is 0.637. The summed E-state index contributed by atoms with van der Waals surface area (Å²) in [5.41, 5.74) is 0.773. The third-order valence-corrected chi connectivity index (χ3v) is 3.69. The fraction of sp³-hybridized carbons (Fsp3) is 0.385. The van der Waals surface area contributed by atoms with Gasteiger partial charge in [-0.05, 0) is 18.1 Å². The van der Waals surface area contributed by atoms with Crippen molar-refractivity contribution < 1.29 is 14.3 Å². The van der Waals surface area contributed by atoms with E-state index in [1.807, 2.05) is 24.3 Å². The van der Waals surface area contributed by atoms with E-state index in [0.717, 1.165) is 10.0 Å². The Bertz CT molecular complexity index is 493. The lowest BCUT2D eigenvalue weighted by molar-refractivity contribution is -0.127. The van der Waals surface area contributed by atoms with Gasteiger partial charge >= 0.3 is 6.03 Å². The molecule has 1 fully saturated rings. The van der Waals surface area contributed by atoms with E-state index in [1.54, 1.807) is 7.11 Å². The van der Waals surface area contributed by atoms with Gasteiger partial charge in [-0.15, -0.1) is 0 Å². The van der Waals surface area contributed by atoms with Crippen molar-refractivity contribution in [2.24, 2.45) is 0 Å². The van der Waals surface area contributed by atoms with E-state index in [2.05, 4.69) is 21.2 Å². The molecule has 1 heterocycles. The zero-order chi connectivity index (χ0) is 13.8. The quantitative estimate of drug-likeness (QED) is 0.665. The minimum absolute atomic E-state index is 0.215. The van der Waals surface area contributed by atoms with Gasteiger partial charge in [0, 0.05) is 24.7 Å². The van der Waals surface area contributed by atoms with Crippen LogP contribution in [0.3, 0.4) is 0 Å². The first-order chi connectivity index (χ1) is 9.15. The molecule has 0 radical (unpaired) electrons. The molecular formula is C13H15BrN2O3. The molecule has 0 aliphatic carbocycles. The number of hydrogen-bond donors (Lipinski definition) is 1. The molecule has 102 valence electrons. The first-order valence-electron chi connectivity index (χ1n) is 6.00. The van der Waals surface area contributed by atoms with Crippen LogP contribution in [-0.4, -0.2) is 37.1 Å². The Kier molecular flexibility index (Phi) is 4.55. The van der Waals surface area contributed by atoms with Crippen LogP contribution in [0.25, 0.3) is 0 Å². The number of carbonyl (C=O) groups excluding carboxylic acids is 2. The van der Waals surface area contributed by atoms with Crippen LogP contribution in [0.1, 0.15) is 18.0 Å². The predicted molar refractivity (Wildman–Crippen MR) is 73.6 cm³/mol. The highest BCUT2D eigenvalue weighted by atomic mass is 79.9. The lowest BCUT2D eigenvalue weighted by atomic mass is 10.1. The van der Waals surface area contributed by atoms with Crippen molar-refractivity contribution in [1.29, 1.82) is 0 Å². The second-order valence-corrected chi connectivity index (χ2v) is 5.09. The van der Waals surface area contributed by atoms with Gasteiger partial charge in [-0.25, -0.2) is 4.79 Å². The molecule has 0 spiro atoms. The van der Waals surface area contributed by atoms with E-state index < -0.39 is 6.04 Å². The highest BCUT2D eigenvalue weighted by Crippen LogP contribution is 2.28. The van der Waals surface area contributed by atoms with Gasteiger partial charge in [0.25, 0.3) is 5.91 Å². The van der Waals surface area contributed by atoms with Crippen molar-refractivity contribution in [3.8, 4) is 0 Å². The van der Waals surface area contributed by atoms with Gasteiger partial charge < -0.3 is 10.1 Å². The van der Waals surface area contributed by atoms with Crippen molar-refractivity contribution in [2.45, 2.75) is 12.5 Å². The Balaban J connectivity index is 2.12. The first kappa shape index (κ1) is 14.0. The summed E-state index contributed by atoms with van der Waals surface area (Å²) in [5, 5.41) is 2.70. The number of amides is 3. The van der Waals surface area contributed by atoms with Gasteiger partial charge in [0.2, 0.25) is 0 Å². The van der Waals surface area contributed by atoms with E-state index in [1.165, 1.54) is 4.90 Å². The molecule has 0 unspecified atom stereocenters. The number of hydrogen-bond acceptors (Lipinski definition) is 3. The Morgan fingerprint density at radius 2 is 2.11 bits per heavy atom. The Morgan fingerprint density at radius 1 is 1.37 bits per heavy atom. The molecule has 3 amide bonds. The Labute approximate surface area is 120 Å². The summed E-state index contributed by atoms with van der Waals surface area (Å²) in [7, 11) is 1.59. The number of urea groups is 1. The summed E-state index contributed by atoms with van der Waals surface area (Å²) in [4.78, 5) is 25.3. The number of nitrogens with one attached hydrogen (secondary N) is 1. The SMILES string of the molecule is COCCCN1C(=O)N[C@H](c2ccccc2Br)C1=O. The van der Waals surface area contributed by atoms with Crippen LogP contribution < -0.4 is 5.32 Å². The van der Waals surface area contributed by atoms with Crippen molar-refractivity contribution in [3.05, 3.63) is 34.3 Å². The van der Waals surface area contributed by atoms with E-state index >= 15 is 0 Å². The number of nitrogens with zero attached hydrogens (tertiary/aromatic N) is 1. The van der Waals surface area contributed by atoms with Crippen LogP contribution >= 0.6 is 15.9 Å². The first-order valence-corrected chi connectivity index (χ1v) is 6.79. The summed E-state index contributed by atoms with van der Waals surface area (Å²) in [6, 6.07) is 6.43. The van der Waals surface area contributed by atoms with Crippen molar-refractivity contribution in [2.75, 3.05) is 20.3 Å². The van der Waals surface area contributed by atoms with Crippen LogP contribution in [0, 0.1) is 0 Å². The van der Waals surface area contributed by atoms with Crippen molar-refractivity contribution in [1.82, 2.24) is 10.2 Å². The average Bonchev–Trinajstić information content (AvgIpc) is 2.67. The molecule has 1 aliphatic rings.